The van der Waals surface area contributed by atoms with Crippen LogP contribution in [0.25, 0.3) is 0 Å². The van der Waals surface area contributed by atoms with Gasteiger partial charge in [0.05, 0.1) is 6.04 Å². The number of allylic oxidation sites excluding steroid dienone is 1. The first-order valence-electron chi connectivity index (χ1n) is 11.9. The zero-order valence-electron chi connectivity index (χ0n) is 20.0. The van der Waals surface area contributed by atoms with E-state index in [0.717, 1.165) is 36.1 Å². The molecule has 1 fully saturated rings. The van der Waals surface area contributed by atoms with Crippen LogP contribution < -0.4 is 0 Å². The molecule has 0 spiro atoms. The Morgan fingerprint density at radius 2 is 1.84 bits per heavy atom. The van der Waals surface area contributed by atoms with Crippen molar-refractivity contribution < 1.29 is 9.90 Å². The minimum atomic E-state index is 0.0295. The molecule has 1 N–H and O–H groups in total. The molecule has 3 rings (SSSR count). The Hall–Kier alpha value is -2.59. The van der Waals surface area contributed by atoms with E-state index >= 15 is 0 Å². The molecule has 172 valence electrons. The van der Waals surface area contributed by atoms with E-state index in [-0.39, 0.29) is 17.7 Å². The number of carbonyl (C=O) groups is 1. The molecule has 1 aliphatic heterocycles. The first-order chi connectivity index (χ1) is 15.4. The molecule has 1 amide bonds. The van der Waals surface area contributed by atoms with Crippen molar-refractivity contribution in [2.24, 2.45) is 11.8 Å². The molecule has 1 unspecified atom stereocenters. The fraction of sp³-hybridized carbons (Fsp3) is 0.464. The number of aromatic hydroxyl groups is 1. The van der Waals surface area contributed by atoms with Crippen molar-refractivity contribution in [3.8, 4) is 5.75 Å². The number of benzene rings is 2. The van der Waals surface area contributed by atoms with Gasteiger partial charge in [0.25, 0.3) is 5.91 Å². The van der Waals surface area contributed by atoms with Gasteiger partial charge >= 0.3 is 0 Å². The molecule has 2 aromatic carbocycles. The molecule has 2 aromatic rings. The van der Waals surface area contributed by atoms with Gasteiger partial charge in [-0.2, -0.15) is 0 Å². The first-order valence-corrected chi connectivity index (χ1v) is 11.9. The highest BCUT2D eigenvalue weighted by Crippen LogP contribution is 2.39. The summed E-state index contributed by atoms with van der Waals surface area (Å²) in [6.07, 6.45) is 4.22. The molecule has 4 nitrogen and oxygen atoms in total. The average molecular weight is 435 g/mol. The topological polar surface area (TPSA) is 43.8 Å². The van der Waals surface area contributed by atoms with Gasteiger partial charge in [0.15, 0.2) is 0 Å². The summed E-state index contributed by atoms with van der Waals surface area (Å²) in [5, 5.41) is 10.2. The maximum atomic E-state index is 12.8. The van der Waals surface area contributed by atoms with E-state index in [9.17, 15) is 9.90 Å². The Morgan fingerprint density at radius 1 is 1.16 bits per heavy atom. The molecule has 0 aliphatic carbocycles. The van der Waals surface area contributed by atoms with Gasteiger partial charge in [0, 0.05) is 31.2 Å². The van der Waals surface area contributed by atoms with Crippen LogP contribution in [0.2, 0.25) is 0 Å². The summed E-state index contributed by atoms with van der Waals surface area (Å²) >= 11 is 0. The van der Waals surface area contributed by atoms with Crippen LogP contribution in [0.4, 0.5) is 0 Å². The van der Waals surface area contributed by atoms with Crippen molar-refractivity contribution >= 4 is 5.91 Å². The van der Waals surface area contributed by atoms with Crippen molar-refractivity contribution in [1.82, 2.24) is 9.80 Å². The number of phenols is 1. The number of phenolic OH excluding ortho intramolecular Hbond substituents is 1. The minimum absolute atomic E-state index is 0.0295. The highest BCUT2D eigenvalue weighted by atomic mass is 16.3. The van der Waals surface area contributed by atoms with E-state index in [1.807, 2.05) is 49.1 Å². The Kier molecular flexibility index (Phi) is 8.14. The van der Waals surface area contributed by atoms with Gasteiger partial charge < -0.3 is 10.0 Å². The predicted molar refractivity (Wildman–Crippen MR) is 132 cm³/mol. The van der Waals surface area contributed by atoms with Crippen LogP contribution in [0.3, 0.4) is 0 Å². The highest BCUT2D eigenvalue weighted by molar-refractivity contribution is 5.94. The second-order valence-corrected chi connectivity index (χ2v) is 9.14. The van der Waals surface area contributed by atoms with Gasteiger partial charge in [-0.15, -0.1) is 6.58 Å². The fourth-order valence-electron chi connectivity index (χ4n) is 5.14. The van der Waals surface area contributed by atoms with Crippen LogP contribution in [-0.2, 0) is 0 Å². The molecule has 0 radical (unpaired) electrons. The van der Waals surface area contributed by atoms with E-state index in [1.165, 1.54) is 0 Å². The number of piperidine rings is 1. The minimum Gasteiger partial charge on any atom is -0.508 e. The van der Waals surface area contributed by atoms with E-state index < -0.39 is 0 Å². The van der Waals surface area contributed by atoms with Gasteiger partial charge in [-0.25, -0.2) is 0 Å². The van der Waals surface area contributed by atoms with Crippen molar-refractivity contribution in [2.45, 2.75) is 52.6 Å². The maximum absolute atomic E-state index is 12.8. The SMILES string of the molecule is C=CCC1C[C@H](C)N([C@H](c2ccc(C(=O)N(CC)CC)cc2)c2cccc(O)c2)C[C@@H]1C. The van der Waals surface area contributed by atoms with Crippen LogP contribution in [0.15, 0.2) is 61.2 Å². The molecule has 1 heterocycles. The summed E-state index contributed by atoms with van der Waals surface area (Å²) in [5.41, 5.74) is 2.94. The van der Waals surface area contributed by atoms with Crippen LogP contribution in [0, 0.1) is 11.8 Å². The summed E-state index contributed by atoms with van der Waals surface area (Å²) in [5.74, 6) is 1.57. The summed E-state index contributed by atoms with van der Waals surface area (Å²) in [4.78, 5) is 17.2. The highest BCUT2D eigenvalue weighted by Gasteiger charge is 2.35. The molecule has 0 bridgehead atoms. The summed E-state index contributed by atoms with van der Waals surface area (Å²) in [6.45, 7) is 15.0. The normalized spacial score (nSPS) is 22.3. The number of hydrogen-bond donors (Lipinski definition) is 1. The monoisotopic (exact) mass is 434 g/mol. The van der Waals surface area contributed by atoms with Gasteiger partial charge in [0.2, 0.25) is 0 Å². The molecule has 1 aliphatic rings. The molecule has 4 heteroatoms. The number of carbonyl (C=O) groups excluding carboxylic acids is 1. The largest absolute Gasteiger partial charge is 0.508 e. The average Bonchev–Trinajstić information content (AvgIpc) is 2.78. The van der Waals surface area contributed by atoms with Crippen molar-refractivity contribution in [1.29, 1.82) is 0 Å². The molecular formula is C28H38N2O2. The number of likely N-dealkylation sites (tertiary alicyclic amines) is 1. The van der Waals surface area contributed by atoms with Gasteiger partial charge in [-0.1, -0.05) is 37.3 Å². The van der Waals surface area contributed by atoms with Crippen LogP contribution in [0.1, 0.15) is 68.1 Å². The predicted octanol–water partition coefficient (Wildman–Crippen LogP) is 5.89. The zero-order valence-corrected chi connectivity index (χ0v) is 20.0. The smallest absolute Gasteiger partial charge is 0.253 e. The Labute approximate surface area is 193 Å². The zero-order chi connectivity index (χ0) is 23.3. The Morgan fingerprint density at radius 3 is 2.44 bits per heavy atom. The standard InChI is InChI=1S/C28H38N2O2/c1-6-10-24-17-21(5)30(19-20(24)4)27(25-11-9-12-26(31)18-25)22-13-15-23(16-14-22)28(32)29(7-2)8-3/h6,9,11-16,18,20-21,24,27,31H,1,7-8,10,17,19H2,2-5H3/t20-,21-,24?,27+/m0/s1. The van der Waals surface area contributed by atoms with E-state index in [0.29, 0.717) is 31.0 Å². The van der Waals surface area contributed by atoms with Crippen molar-refractivity contribution in [3.63, 3.8) is 0 Å². The van der Waals surface area contributed by atoms with E-state index in [2.05, 4.69) is 43.5 Å². The molecule has 32 heavy (non-hydrogen) atoms. The third kappa shape index (κ3) is 5.24. The van der Waals surface area contributed by atoms with Crippen LogP contribution in [-0.4, -0.2) is 46.5 Å². The third-order valence-electron chi connectivity index (χ3n) is 7.02. The number of hydrogen-bond acceptors (Lipinski definition) is 3. The lowest BCUT2D eigenvalue weighted by Crippen LogP contribution is -2.47. The lowest BCUT2D eigenvalue weighted by atomic mass is 9.79. The number of amides is 1. The first kappa shape index (κ1) is 24.1. The number of nitrogens with zero attached hydrogens (tertiary/aromatic N) is 2. The fourth-order valence-corrected chi connectivity index (χ4v) is 5.14. The van der Waals surface area contributed by atoms with Crippen molar-refractivity contribution in [2.75, 3.05) is 19.6 Å². The van der Waals surface area contributed by atoms with Crippen LogP contribution >= 0.6 is 0 Å². The molecule has 0 saturated carbocycles. The lowest BCUT2D eigenvalue weighted by Gasteiger charge is -2.46. The summed E-state index contributed by atoms with van der Waals surface area (Å²) < 4.78 is 0. The van der Waals surface area contributed by atoms with Gasteiger partial charge in [-0.05, 0) is 80.8 Å². The molecule has 1 saturated heterocycles. The molecule has 0 aromatic heterocycles. The van der Waals surface area contributed by atoms with Gasteiger partial charge in [0.1, 0.15) is 5.75 Å². The summed E-state index contributed by atoms with van der Waals surface area (Å²) in [6, 6.07) is 16.1. The third-order valence-corrected chi connectivity index (χ3v) is 7.02. The van der Waals surface area contributed by atoms with E-state index in [4.69, 9.17) is 0 Å². The second kappa shape index (κ2) is 10.8. The Balaban J connectivity index is 1.96. The number of rotatable bonds is 8. The lowest BCUT2D eigenvalue weighted by molar-refractivity contribution is 0.0546. The van der Waals surface area contributed by atoms with Crippen LogP contribution in [0.5, 0.6) is 5.75 Å². The molecular weight excluding hydrogens is 396 g/mol. The second-order valence-electron chi connectivity index (χ2n) is 9.14. The van der Waals surface area contributed by atoms with E-state index in [1.54, 1.807) is 6.07 Å². The Bertz CT molecular complexity index is 904. The van der Waals surface area contributed by atoms with Gasteiger partial charge in [-0.3, -0.25) is 9.69 Å². The quantitative estimate of drug-likeness (QED) is 0.527. The van der Waals surface area contributed by atoms with Crippen molar-refractivity contribution in [3.05, 3.63) is 77.9 Å². The summed E-state index contributed by atoms with van der Waals surface area (Å²) in [7, 11) is 0. The maximum Gasteiger partial charge on any atom is 0.253 e. The molecule has 4 atom stereocenters.